The van der Waals surface area contributed by atoms with E-state index in [2.05, 4.69) is 24.0 Å². The van der Waals surface area contributed by atoms with E-state index < -0.39 is 5.82 Å². The van der Waals surface area contributed by atoms with Crippen molar-refractivity contribution < 1.29 is 14.0 Å². The first-order valence-corrected chi connectivity index (χ1v) is 7.08. The summed E-state index contributed by atoms with van der Waals surface area (Å²) in [6, 6.07) is 4.05. The molecule has 4 nitrogen and oxygen atoms in total. The third-order valence-electron chi connectivity index (χ3n) is 2.75. The molecule has 1 aromatic carbocycles. The van der Waals surface area contributed by atoms with Crippen LogP contribution in [0.3, 0.4) is 0 Å². The van der Waals surface area contributed by atoms with Crippen LogP contribution in [0.1, 0.15) is 26.1 Å². The van der Waals surface area contributed by atoms with Gasteiger partial charge in [0.05, 0.1) is 5.75 Å². The van der Waals surface area contributed by atoms with Gasteiger partial charge in [0.25, 0.3) is 5.89 Å². The first-order chi connectivity index (χ1) is 9.11. The van der Waals surface area contributed by atoms with Crippen molar-refractivity contribution >= 4 is 11.8 Å². The van der Waals surface area contributed by atoms with Gasteiger partial charge in [-0.15, -0.1) is 0 Å². The molecule has 1 heterocycles. The number of aromatic nitrogens is 2. The van der Waals surface area contributed by atoms with Crippen LogP contribution in [-0.2, 0) is 5.75 Å². The largest absolute Gasteiger partial charge is 0.507 e. The van der Waals surface area contributed by atoms with E-state index in [0.717, 1.165) is 6.42 Å². The zero-order valence-corrected chi connectivity index (χ0v) is 11.6. The normalized spacial score (nSPS) is 12.6. The molecule has 0 aliphatic heterocycles. The molecule has 0 radical (unpaired) electrons. The Morgan fingerprint density at radius 1 is 1.47 bits per heavy atom. The minimum absolute atomic E-state index is 0.00958. The summed E-state index contributed by atoms with van der Waals surface area (Å²) >= 11 is 1.71. The Kier molecular flexibility index (Phi) is 4.42. The number of aromatic hydroxyl groups is 1. The average Bonchev–Trinajstić information content (AvgIpc) is 2.84. The van der Waals surface area contributed by atoms with Gasteiger partial charge < -0.3 is 9.63 Å². The van der Waals surface area contributed by atoms with Crippen LogP contribution < -0.4 is 0 Å². The van der Waals surface area contributed by atoms with Crippen molar-refractivity contribution in [1.82, 2.24) is 10.1 Å². The van der Waals surface area contributed by atoms with E-state index in [1.165, 1.54) is 18.2 Å². The highest BCUT2D eigenvalue weighted by atomic mass is 32.2. The van der Waals surface area contributed by atoms with Gasteiger partial charge in [0.1, 0.15) is 17.1 Å². The molecule has 1 N–H and O–H groups in total. The Balaban J connectivity index is 2.17. The van der Waals surface area contributed by atoms with Gasteiger partial charge in [-0.1, -0.05) is 25.1 Å². The molecule has 102 valence electrons. The molecule has 0 spiro atoms. The number of halogens is 1. The van der Waals surface area contributed by atoms with Gasteiger partial charge in [-0.05, 0) is 18.6 Å². The third-order valence-corrected chi connectivity index (χ3v) is 4.07. The number of nitrogens with zero attached hydrogens (tertiary/aromatic N) is 2. The summed E-state index contributed by atoms with van der Waals surface area (Å²) in [4.78, 5) is 4.11. The second-order valence-corrected chi connectivity index (χ2v) is 5.61. The van der Waals surface area contributed by atoms with E-state index in [-0.39, 0.29) is 17.2 Å². The number of hydrogen-bond donors (Lipinski definition) is 1. The molecule has 2 aromatic rings. The summed E-state index contributed by atoms with van der Waals surface area (Å²) in [6.45, 7) is 4.23. The van der Waals surface area contributed by atoms with Crippen LogP contribution in [0.5, 0.6) is 5.75 Å². The highest BCUT2D eigenvalue weighted by Gasteiger charge is 2.17. The Morgan fingerprint density at radius 3 is 2.95 bits per heavy atom. The molecular formula is C13H15FN2O2S. The summed E-state index contributed by atoms with van der Waals surface area (Å²) in [5.41, 5.74) is -0.0465. The highest BCUT2D eigenvalue weighted by molar-refractivity contribution is 7.99. The fourth-order valence-electron chi connectivity index (χ4n) is 1.47. The lowest BCUT2D eigenvalue weighted by Crippen LogP contribution is -1.95. The van der Waals surface area contributed by atoms with Crippen LogP contribution in [0.25, 0.3) is 11.5 Å². The minimum atomic E-state index is -0.579. The van der Waals surface area contributed by atoms with Gasteiger partial charge >= 0.3 is 0 Å². The van der Waals surface area contributed by atoms with Crippen LogP contribution >= 0.6 is 11.8 Å². The maximum Gasteiger partial charge on any atom is 0.264 e. The van der Waals surface area contributed by atoms with E-state index in [1.807, 2.05) is 0 Å². The number of hydrogen-bond acceptors (Lipinski definition) is 5. The van der Waals surface area contributed by atoms with Crippen LogP contribution in [0.2, 0.25) is 0 Å². The summed E-state index contributed by atoms with van der Waals surface area (Å²) in [5.74, 6) is 0.334. The fraction of sp³-hybridized carbons (Fsp3) is 0.385. The summed E-state index contributed by atoms with van der Waals surface area (Å²) in [6.07, 6.45) is 1.06. The lowest BCUT2D eigenvalue weighted by Gasteiger charge is -2.04. The summed E-state index contributed by atoms with van der Waals surface area (Å²) in [5, 5.41) is 13.9. The molecule has 1 atom stereocenters. The first-order valence-electron chi connectivity index (χ1n) is 6.03. The third kappa shape index (κ3) is 3.26. The average molecular weight is 282 g/mol. The fourth-order valence-corrected chi connectivity index (χ4v) is 2.26. The van der Waals surface area contributed by atoms with E-state index in [9.17, 15) is 9.50 Å². The Labute approximate surface area is 115 Å². The first kappa shape index (κ1) is 13.9. The number of phenolic OH excluding ortho intramolecular Hbond substituents is 1. The zero-order chi connectivity index (χ0) is 13.8. The molecular weight excluding hydrogens is 267 g/mol. The van der Waals surface area contributed by atoms with Crippen LogP contribution in [-0.4, -0.2) is 20.5 Å². The number of thioether (sulfide) groups is 1. The zero-order valence-electron chi connectivity index (χ0n) is 10.8. The topological polar surface area (TPSA) is 59.2 Å². The SMILES string of the molecule is CCC(C)SCc1noc(-c2c(O)cccc2F)n1. The molecule has 0 aliphatic rings. The van der Waals surface area contributed by atoms with Crippen molar-refractivity contribution in [3.8, 4) is 17.2 Å². The number of benzene rings is 1. The Bertz CT molecular complexity index is 539. The predicted octanol–water partition coefficient (Wildman–Crippen LogP) is 3.61. The monoisotopic (exact) mass is 282 g/mol. The van der Waals surface area contributed by atoms with E-state index >= 15 is 0 Å². The van der Waals surface area contributed by atoms with E-state index in [1.54, 1.807) is 11.8 Å². The van der Waals surface area contributed by atoms with E-state index in [4.69, 9.17) is 4.52 Å². The molecule has 1 aromatic heterocycles. The van der Waals surface area contributed by atoms with Gasteiger partial charge in [-0.2, -0.15) is 16.7 Å². The summed E-state index contributed by atoms with van der Waals surface area (Å²) in [7, 11) is 0. The molecule has 0 fully saturated rings. The maximum atomic E-state index is 13.6. The Hall–Kier alpha value is -1.56. The summed E-state index contributed by atoms with van der Waals surface area (Å²) < 4.78 is 18.6. The van der Waals surface area contributed by atoms with Crippen molar-refractivity contribution in [2.45, 2.75) is 31.3 Å². The van der Waals surface area contributed by atoms with Crippen molar-refractivity contribution in [3.05, 3.63) is 29.8 Å². The molecule has 1 unspecified atom stereocenters. The second kappa shape index (κ2) is 6.06. The predicted molar refractivity (Wildman–Crippen MR) is 72.4 cm³/mol. The second-order valence-electron chi connectivity index (χ2n) is 4.18. The molecule has 0 saturated heterocycles. The molecule has 2 rings (SSSR count). The van der Waals surface area contributed by atoms with Gasteiger partial charge in [-0.25, -0.2) is 4.39 Å². The molecule has 0 amide bonds. The highest BCUT2D eigenvalue weighted by Crippen LogP contribution is 2.30. The lowest BCUT2D eigenvalue weighted by atomic mass is 10.2. The van der Waals surface area contributed by atoms with Gasteiger partial charge in [0.2, 0.25) is 0 Å². The quantitative estimate of drug-likeness (QED) is 0.907. The standard InChI is InChI=1S/C13H15FN2O2S/c1-3-8(2)19-7-11-15-13(18-16-11)12-9(14)5-4-6-10(12)17/h4-6,8,17H,3,7H2,1-2H3. The van der Waals surface area contributed by atoms with Crippen LogP contribution in [0.4, 0.5) is 4.39 Å². The maximum absolute atomic E-state index is 13.6. The molecule has 0 aliphatic carbocycles. The molecule has 0 bridgehead atoms. The minimum Gasteiger partial charge on any atom is -0.507 e. The lowest BCUT2D eigenvalue weighted by molar-refractivity contribution is 0.415. The van der Waals surface area contributed by atoms with Crippen LogP contribution in [0, 0.1) is 5.82 Å². The van der Waals surface area contributed by atoms with Gasteiger partial charge in [0, 0.05) is 5.25 Å². The van der Waals surface area contributed by atoms with Crippen molar-refractivity contribution in [2.75, 3.05) is 0 Å². The Morgan fingerprint density at radius 2 is 2.26 bits per heavy atom. The van der Waals surface area contributed by atoms with Crippen LogP contribution in [0.15, 0.2) is 22.7 Å². The molecule has 0 saturated carbocycles. The van der Waals surface area contributed by atoms with Crippen molar-refractivity contribution in [3.63, 3.8) is 0 Å². The molecule has 6 heteroatoms. The number of phenols is 1. The van der Waals surface area contributed by atoms with Gasteiger partial charge in [0.15, 0.2) is 5.82 Å². The van der Waals surface area contributed by atoms with Crippen molar-refractivity contribution in [2.24, 2.45) is 0 Å². The van der Waals surface area contributed by atoms with Gasteiger partial charge in [-0.3, -0.25) is 0 Å². The van der Waals surface area contributed by atoms with Crippen molar-refractivity contribution in [1.29, 1.82) is 0 Å². The van der Waals surface area contributed by atoms with E-state index in [0.29, 0.717) is 16.8 Å². The smallest absolute Gasteiger partial charge is 0.264 e. The number of rotatable bonds is 5. The molecule has 19 heavy (non-hydrogen) atoms.